The first kappa shape index (κ1) is 14.1. The fourth-order valence-corrected chi connectivity index (χ4v) is 1.75. The van der Waals surface area contributed by atoms with E-state index in [1.807, 2.05) is 24.5 Å². The Kier molecular flexibility index (Phi) is 6.08. The number of hydrogen-bond donors (Lipinski definition) is 2. The molecule has 0 aliphatic rings. The average molecular weight is 253 g/mol. The highest BCUT2D eigenvalue weighted by atomic mass is 32.2. The molecule has 2 atom stereocenters. The van der Waals surface area contributed by atoms with Gasteiger partial charge in [0, 0.05) is 11.8 Å². The molecular weight excluding hydrogens is 234 g/mol. The van der Waals surface area contributed by atoms with Crippen LogP contribution in [0.4, 0.5) is 0 Å². The fraction of sp³-hybridized carbons (Fsp3) is 0.462. The number of hydrogen-bond acceptors (Lipinski definition) is 3. The number of carbonyl (C=O) groups excluding carboxylic acids is 1. The highest BCUT2D eigenvalue weighted by Gasteiger charge is 2.16. The number of benzene rings is 1. The molecule has 94 valence electrons. The molecule has 0 saturated heterocycles. The molecule has 0 aromatic heterocycles. The normalized spacial score (nSPS) is 14.1. The van der Waals surface area contributed by atoms with Crippen LogP contribution in [0.3, 0.4) is 0 Å². The molecule has 0 bridgehead atoms. The average Bonchev–Trinajstić information content (AvgIpc) is 2.38. The zero-order valence-electron chi connectivity index (χ0n) is 10.2. The van der Waals surface area contributed by atoms with Gasteiger partial charge in [-0.15, -0.1) is 0 Å². The van der Waals surface area contributed by atoms with E-state index < -0.39 is 6.10 Å². The van der Waals surface area contributed by atoms with Crippen molar-refractivity contribution in [2.45, 2.75) is 24.7 Å². The molecule has 3 nitrogen and oxygen atoms in total. The van der Waals surface area contributed by atoms with Crippen LogP contribution in [0.15, 0.2) is 30.3 Å². The van der Waals surface area contributed by atoms with Crippen molar-refractivity contribution in [1.29, 1.82) is 0 Å². The van der Waals surface area contributed by atoms with Gasteiger partial charge in [-0.05, 0) is 18.2 Å². The molecule has 1 rings (SSSR count). The third-order valence-corrected chi connectivity index (χ3v) is 3.66. The van der Waals surface area contributed by atoms with Crippen molar-refractivity contribution < 1.29 is 9.90 Å². The Hall–Kier alpha value is -1.00. The van der Waals surface area contributed by atoms with Crippen LogP contribution in [-0.4, -0.2) is 29.1 Å². The molecule has 1 amide bonds. The summed E-state index contributed by atoms with van der Waals surface area (Å²) in [6.07, 6.45) is 1.89. The third kappa shape index (κ3) is 4.79. The van der Waals surface area contributed by atoms with Gasteiger partial charge in [0.1, 0.15) is 0 Å². The molecule has 0 aliphatic carbocycles. The van der Waals surface area contributed by atoms with Crippen LogP contribution in [0.5, 0.6) is 0 Å². The third-order valence-electron chi connectivity index (χ3n) is 2.62. The number of carbonyl (C=O) groups is 1. The van der Waals surface area contributed by atoms with Crippen molar-refractivity contribution >= 4 is 17.7 Å². The summed E-state index contributed by atoms with van der Waals surface area (Å²) in [5, 5.41) is 13.1. The standard InChI is InChI=1S/C13H19NO2S/c1-10(17-2)8-9-14-13(16)12(15)11-6-4-3-5-7-11/h3-7,10,12,15H,8-9H2,1-2H3,(H,14,16)/t10-,12-/m0/s1. The summed E-state index contributed by atoms with van der Waals surface area (Å²) in [7, 11) is 0. The lowest BCUT2D eigenvalue weighted by molar-refractivity contribution is -0.129. The number of thioether (sulfide) groups is 1. The first-order chi connectivity index (χ1) is 8.15. The van der Waals surface area contributed by atoms with E-state index in [2.05, 4.69) is 12.2 Å². The number of aliphatic hydroxyl groups is 1. The van der Waals surface area contributed by atoms with Gasteiger partial charge in [-0.1, -0.05) is 37.3 Å². The minimum atomic E-state index is -1.07. The van der Waals surface area contributed by atoms with Crippen molar-refractivity contribution in [1.82, 2.24) is 5.32 Å². The maximum atomic E-state index is 11.6. The zero-order valence-corrected chi connectivity index (χ0v) is 11.0. The SMILES string of the molecule is CS[C@@H](C)CCNC(=O)[C@@H](O)c1ccccc1. The molecule has 0 heterocycles. The Balaban J connectivity index is 2.38. The van der Waals surface area contributed by atoms with E-state index in [4.69, 9.17) is 0 Å². The summed E-state index contributed by atoms with van der Waals surface area (Å²) >= 11 is 1.77. The Bertz CT molecular complexity index is 343. The van der Waals surface area contributed by atoms with E-state index >= 15 is 0 Å². The molecule has 0 saturated carbocycles. The van der Waals surface area contributed by atoms with Crippen molar-refractivity contribution in [2.24, 2.45) is 0 Å². The first-order valence-electron chi connectivity index (χ1n) is 5.68. The van der Waals surface area contributed by atoms with Gasteiger partial charge in [-0.3, -0.25) is 4.79 Å². The molecule has 2 N–H and O–H groups in total. The summed E-state index contributed by atoms with van der Waals surface area (Å²) in [4.78, 5) is 11.6. The van der Waals surface area contributed by atoms with Gasteiger partial charge in [0.2, 0.25) is 0 Å². The summed E-state index contributed by atoms with van der Waals surface area (Å²) < 4.78 is 0. The van der Waals surface area contributed by atoms with Crippen LogP contribution >= 0.6 is 11.8 Å². The molecule has 0 unspecified atom stereocenters. The zero-order chi connectivity index (χ0) is 12.7. The van der Waals surface area contributed by atoms with Crippen molar-refractivity contribution in [3.63, 3.8) is 0 Å². The topological polar surface area (TPSA) is 49.3 Å². The molecule has 17 heavy (non-hydrogen) atoms. The summed E-state index contributed by atoms with van der Waals surface area (Å²) in [6.45, 7) is 2.72. The monoisotopic (exact) mass is 253 g/mol. The summed E-state index contributed by atoms with van der Waals surface area (Å²) in [5.41, 5.74) is 0.628. The highest BCUT2D eigenvalue weighted by Crippen LogP contribution is 2.12. The van der Waals surface area contributed by atoms with Crippen molar-refractivity contribution in [3.05, 3.63) is 35.9 Å². The lowest BCUT2D eigenvalue weighted by Gasteiger charge is -2.13. The second-order valence-electron chi connectivity index (χ2n) is 3.94. The van der Waals surface area contributed by atoms with Gasteiger partial charge in [0.25, 0.3) is 5.91 Å². The van der Waals surface area contributed by atoms with E-state index in [-0.39, 0.29) is 5.91 Å². The molecule has 1 aromatic rings. The second kappa shape index (κ2) is 7.35. The largest absolute Gasteiger partial charge is 0.378 e. The van der Waals surface area contributed by atoms with Gasteiger partial charge in [-0.25, -0.2) is 0 Å². The van der Waals surface area contributed by atoms with Gasteiger partial charge >= 0.3 is 0 Å². The van der Waals surface area contributed by atoms with Crippen LogP contribution < -0.4 is 5.32 Å². The van der Waals surface area contributed by atoms with E-state index in [0.29, 0.717) is 17.4 Å². The van der Waals surface area contributed by atoms with E-state index in [1.165, 1.54) is 0 Å². The smallest absolute Gasteiger partial charge is 0.253 e. The van der Waals surface area contributed by atoms with Crippen molar-refractivity contribution in [3.8, 4) is 0 Å². The van der Waals surface area contributed by atoms with Gasteiger partial charge in [0.05, 0.1) is 0 Å². The Labute approximate surface area is 107 Å². The number of amides is 1. The molecule has 1 aromatic carbocycles. The predicted octanol–water partition coefficient (Wildman–Crippen LogP) is 1.98. The predicted molar refractivity (Wildman–Crippen MR) is 72.0 cm³/mol. The number of aliphatic hydroxyl groups excluding tert-OH is 1. The lowest BCUT2D eigenvalue weighted by Crippen LogP contribution is -2.31. The van der Waals surface area contributed by atoms with E-state index in [9.17, 15) is 9.90 Å². The van der Waals surface area contributed by atoms with Crippen LogP contribution in [0.1, 0.15) is 25.0 Å². The quantitative estimate of drug-likeness (QED) is 0.815. The van der Waals surface area contributed by atoms with Crippen molar-refractivity contribution in [2.75, 3.05) is 12.8 Å². The Morgan fingerprint density at radius 3 is 2.65 bits per heavy atom. The van der Waals surface area contributed by atoms with Gasteiger partial charge in [-0.2, -0.15) is 11.8 Å². The molecule has 0 radical (unpaired) electrons. The summed E-state index contributed by atoms with van der Waals surface area (Å²) in [6, 6.07) is 8.96. The Morgan fingerprint density at radius 1 is 1.41 bits per heavy atom. The molecule has 4 heteroatoms. The Morgan fingerprint density at radius 2 is 2.06 bits per heavy atom. The minimum Gasteiger partial charge on any atom is -0.378 e. The van der Waals surface area contributed by atoms with E-state index in [1.54, 1.807) is 23.9 Å². The fourth-order valence-electron chi connectivity index (χ4n) is 1.40. The van der Waals surface area contributed by atoms with Crippen LogP contribution in [0.2, 0.25) is 0 Å². The highest BCUT2D eigenvalue weighted by molar-refractivity contribution is 7.99. The van der Waals surface area contributed by atoms with Crippen LogP contribution in [-0.2, 0) is 4.79 Å². The summed E-state index contributed by atoms with van der Waals surface area (Å²) in [5.74, 6) is -0.329. The van der Waals surface area contributed by atoms with E-state index in [0.717, 1.165) is 6.42 Å². The molecular formula is C13H19NO2S. The second-order valence-corrected chi connectivity index (χ2v) is 5.22. The first-order valence-corrected chi connectivity index (χ1v) is 6.97. The minimum absolute atomic E-state index is 0.329. The van der Waals surface area contributed by atoms with Gasteiger partial charge in [0.15, 0.2) is 6.10 Å². The molecule has 0 spiro atoms. The maximum absolute atomic E-state index is 11.6. The van der Waals surface area contributed by atoms with Gasteiger partial charge < -0.3 is 10.4 Å². The molecule has 0 fully saturated rings. The molecule has 0 aliphatic heterocycles. The number of nitrogens with one attached hydrogen (secondary N) is 1. The van der Waals surface area contributed by atoms with Crippen LogP contribution in [0.25, 0.3) is 0 Å². The number of rotatable bonds is 6. The van der Waals surface area contributed by atoms with Crippen LogP contribution in [0, 0.1) is 0 Å². The lowest BCUT2D eigenvalue weighted by atomic mass is 10.1. The maximum Gasteiger partial charge on any atom is 0.253 e.